The van der Waals surface area contributed by atoms with Gasteiger partial charge >= 0.3 is 0 Å². The predicted octanol–water partition coefficient (Wildman–Crippen LogP) is 2.93. The molecule has 1 saturated heterocycles. The number of aromatic nitrogens is 2. The molecule has 5 nitrogen and oxygen atoms in total. The Morgan fingerprint density at radius 3 is 2.55 bits per heavy atom. The third-order valence-electron chi connectivity index (χ3n) is 7.01. The number of H-pyrrole nitrogens is 1. The molecule has 1 spiro atoms. The molecule has 6 heteroatoms. The first kappa shape index (κ1) is 18.8. The lowest BCUT2D eigenvalue weighted by Crippen LogP contribution is -2.46. The maximum atomic E-state index is 13.1. The minimum Gasteiger partial charge on any atom is -0.369 e. The van der Waals surface area contributed by atoms with Crippen LogP contribution in [0.5, 0.6) is 0 Å². The molecule has 1 N–H and O–H groups in total. The Bertz CT molecular complexity index is 927. The molecular formula is C23H29FN4O. The molecule has 1 aliphatic heterocycles. The fraction of sp³-hybridized carbons (Fsp3) is 0.565. The molecule has 0 atom stereocenters. The number of rotatable bonds is 5. The van der Waals surface area contributed by atoms with Crippen LogP contribution in [0.1, 0.15) is 42.8 Å². The zero-order chi connectivity index (χ0) is 19.8. The molecular weight excluding hydrogens is 367 g/mol. The number of nitrogens with zero attached hydrogens (tertiary/aromatic N) is 3. The van der Waals surface area contributed by atoms with E-state index in [0.29, 0.717) is 5.41 Å². The van der Waals surface area contributed by atoms with Gasteiger partial charge in [-0.3, -0.25) is 9.69 Å². The molecule has 3 aliphatic rings. The van der Waals surface area contributed by atoms with Gasteiger partial charge in [-0.15, -0.1) is 0 Å². The van der Waals surface area contributed by atoms with E-state index in [9.17, 15) is 9.18 Å². The van der Waals surface area contributed by atoms with Crippen LogP contribution in [-0.2, 0) is 19.3 Å². The van der Waals surface area contributed by atoms with Gasteiger partial charge in [-0.05, 0) is 74.8 Å². The van der Waals surface area contributed by atoms with Crippen LogP contribution in [0.4, 0.5) is 10.1 Å². The maximum Gasteiger partial charge on any atom is 0.254 e. The van der Waals surface area contributed by atoms with E-state index >= 15 is 0 Å². The zero-order valence-corrected chi connectivity index (χ0v) is 16.9. The molecule has 1 saturated carbocycles. The highest BCUT2D eigenvalue weighted by Crippen LogP contribution is 2.53. The second kappa shape index (κ2) is 7.56. The maximum absolute atomic E-state index is 13.1. The van der Waals surface area contributed by atoms with Crippen molar-refractivity contribution >= 4 is 5.69 Å². The first-order valence-corrected chi connectivity index (χ1v) is 10.9. The molecule has 0 bridgehead atoms. The Labute approximate surface area is 171 Å². The fourth-order valence-electron chi connectivity index (χ4n) is 4.91. The van der Waals surface area contributed by atoms with E-state index in [-0.39, 0.29) is 11.4 Å². The molecule has 0 amide bonds. The highest BCUT2D eigenvalue weighted by Gasteiger charge is 2.45. The summed E-state index contributed by atoms with van der Waals surface area (Å²) < 4.78 is 13.1. The number of halogens is 1. The summed E-state index contributed by atoms with van der Waals surface area (Å²) in [5, 5.41) is 0. The Morgan fingerprint density at radius 1 is 1.07 bits per heavy atom. The van der Waals surface area contributed by atoms with Gasteiger partial charge in [-0.2, -0.15) is 0 Å². The van der Waals surface area contributed by atoms with Crippen molar-refractivity contribution in [2.45, 2.75) is 44.9 Å². The molecule has 2 fully saturated rings. The van der Waals surface area contributed by atoms with E-state index in [1.54, 1.807) is 0 Å². The quantitative estimate of drug-likeness (QED) is 0.844. The molecule has 1 aromatic carbocycles. The SMILES string of the molecule is O=c1[nH]c(CCCN2CCN(c3ccc(F)cc3)CC2)nc2c1CCC1(CC1)C2. The van der Waals surface area contributed by atoms with E-state index < -0.39 is 0 Å². The summed E-state index contributed by atoms with van der Waals surface area (Å²) in [4.78, 5) is 25.1. The van der Waals surface area contributed by atoms with Crippen molar-refractivity contribution in [3.8, 4) is 0 Å². The number of fused-ring (bicyclic) bond motifs is 1. The average Bonchev–Trinajstić information content (AvgIpc) is 3.47. The second-order valence-corrected chi connectivity index (χ2v) is 9.02. The van der Waals surface area contributed by atoms with Crippen molar-refractivity contribution in [3.63, 3.8) is 0 Å². The van der Waals surface area contributed by atoms with Gasteiger partial charge < -0.3 is 9.88 Å². The van der Waals surface area contributed by atoms with Gasteiger partial charge in [-0.1, -0.05) is 0 Å². The number of benzene rings is 1. The van der Waals surface area contributed by atoms with Crippen molar-refractivity contribution in [2.24, 2.45) is 5.41 Å². The van der Waals surface area contributed by atoms with Gasteiger partial charge in [0.25, 0.3) is 5.56 Å². The molecule has 29 heavy (non-hydrogen) atoms. The first-order valence-electron chi connectivity index (χ1n) is 10.9. The molecule has 5 rings (SSSR count). The van der Waals surface area contributed by atoms with Crippen LogP contribution >= 0.6 is 0 Å². The Hall–Kier alpha value is -2.21. The summed E-state index contributed by atoms with van der Waals surface area (Å²) in [7, 11) is 0. The van der Waals surface area contributed by atoms with Crippen molar-refractivity contribution in [1.29, 1.82) is 0 Å². The number of anilines is 1. The summed E-state index contributed by atoms with van der Waals surface area (Å²) in [6.45, 7) is 4.95. The van der Waals surface area contributed by atoms with Crippen molar-refractivity contribution < 1.29 is 4.39 Å². The number of aryl methyl sites for hydroxylation is 1. The Kier molecular flexibility index (Phi) is 4.90. The standard InChI is InChI=1S/C23H29FN4O/c24-17-3-5-18(6-4-17)28-14-12-27(13-15-28)11-1-2-21-25-20-16-23(9-10-23)8-7-19(20)22(29)26-21/h3-6H,1-2,7-16H2,(H,25,26,29). The van der Waals surface area contributed by atoms with E-state index in [1.807, 2.05) is 12.1 Å². The van der Waals surface area contributed by atoms with Crippen molar-refractivity contribution in [2.75, 3.05) is 37.6 Å². The summed E-state index contributed by atoms with van der Waals surface area (Å²) >= 11 is 0. The summed E-state index contributed by atoms with van der Waals surface area (Å²) in [5.74, 6) is 0.671. The Morgan fingerprint density at radius 2 is 1.83 bits per heavy atom. The van der Waals surface area contributed by atoms with Crippen LogP contribution < -0.4 is 10.5 Å². The van der Waals surface area contributed by atoms with Gasteiger partial charge in [0.2, 0.25) is 0 Å². The lowest BCUT2D eigenvalue weighted by atomic mass is 9.85. The largest absolute Gasteiger partial charge is 0.369 e. The van der Waals surface area contributed by atoms with Crippen LogP contribution in [0.2, 0.25) is 0 Å². The summed E-state index contributed by atoms with van der Waals surface area (Å²) in [5.41, 5.74) is 3.67. The van der Waals surface area contributed by atoms with Crippen molar-refractivity contribution in [3.05, 3.63) is 57.5 Å². The smallest absolute Gasteiger partial charge is 0.254 e. The van der Waals surface area contributed by atoms with Crippen LogP contribution in [-0.4, -0.2) is 47.6 Å². The minimum atomic E-state index is -0.187. The van der Waals surface area contributed by atoms with E-state index in [4.69, 9.17) is 4.98 Å². The normalized spacial score (nSPS) is 20.7. The minimum absolute atomic E-state index is 0.0911. The van der Waals surface area contributed by atoms with Gasteiger partial charge in [0.15, 0.2) is 0 Å². The van der Waals surface area contributed by atoms with E-state index in [2.05, 4.69) is 14.8 Å². The lowest BCUT2D eigenvalue weighted by Gasteiger charge is -2.36. The number of aromatic amines is 1. The first-order chi connectivity index (χ1) is 14.1. The molecule has 2 aliphatic carbocycles. The number of nitrogens with one attached hydrogen (secondary N) is 1. The van der Waals surface area contributed by atoms with E-state index in [0.717, 1.165) is 87.6 Å². The molecule has 2 heterocycles. The van der Waals surface area contributed by atoms with Crippen LogP contribution in [0.25, 0.3) is 0 Å². The van der Waals surface area contributed by atoms with Crippen LogP contribution in [0, 0.1) is 11.2 Å². The Balaban J connectivity index is 1.12. The molecule has 1 aromatic heterocycles. The third kappa shape index (κ3) is 4.08. The van der Waals surface area contributed by atoms with Gasteiger partial charge in [0.1, 0.15) is 11.6 Å². The van der Waals surface area contributed by atoms with Crippen LogP contribution in [0.15, 0.2) is 29.1 Å². The predicted molar refractivity (Wildman–Crippen MR) is 112 cm³/mol. The lowest BCUT2D eigenvalue weighted by molar-refractivity contribution is 0.254. The number of hydrogen-bond acceptors (Lipinski definition) is 4. The van der Waals surface area contributed by atoms with Gasteiger partial charge in [-0.25, -0.2) is 9.37 Å². The third-order valence-corrected chi connectivity index (χ3v) is 7.01. The summed E-state index contributed by atoms with van der Waals surface area (Å²) in [6.07, 6.45) is 7.51. The van der Waals surface area contributed by atoms with Gasteiger partial charge in [0, 0.05) is 43.9 Å². The van der Waals surface area contributed by atoms with Crippen molar-refractivity contribution in [1.82, 2.24) is 14.9 Å². The highest BCUT2D eigenvalue weighted by atomic mass is 19.1. The molecule has 0 radical (unpaired) electrons. The fourth-order valence-corrected chi connectivity index (χ4v) is 4.91. The van der Waals surface area contributed by atoms with E-state index in [1.165, 1.54) is 25.0 Å². The monoisotopic (exact) mass is 396 g/mol. The topological polar surface area (TPSA) is 52.2 Å². The summed E-state index contributed by atoms with van der Waals surface area (Å²) in [6, 6.07) is 6.77. The van der Waals surface area contributed by atoms with Crippen LogP contribution in [0.3, 0.4) is 0 Å². The number of piperazine rings is 1. The molecule has 2 aromatic rings. The second-order valence-electron chi connectivity index (χ2n) is 9.02. The number of hydrogen-bond donors (Lipinski definition) is 1. The highest BCUT2D eigenvalue weighted by molar-refractivity contribution is 5.46. The molecule has 0 unspecified atom stereocenters. The molecule has 154 valence electrons. The zero-order valence-electron chi connectivity index (χ0n) is 16.9. The average molecular weight is 397 g/mol. The van der Waals surface area contributed by atoms with Gasteiger partial charge in [0.05, 0.1) is 5.69 Å².